The number of nitrogens with zero attached hydrogens (tertiary/aromatic N) is 2. The Morgan fingerprint density at radius 3 is 2.48 bits per heavy atom. The van der Waals surface area contributed by atoms with Gasteiger partial charge < -0.3 is 14.8 Å². The van der Waals surface area contributed by atoms with Crippen molar-refractivity contribution >= 4 is 17.5 Å². The average molecular weight is 362 g/mol. The maximum Gasteiger partial charge on any atom is 0.316 e. The zero-order valence-corrected chi connectivity index (χ0v) is 14.5. The number of ether oxygens (including phenoxy) is 2. The van der Waals surface area contributed by atoms with Crippen LogP contribution in [0, 0.1) is 0 Å². The van der Waals surface area contributed by atoms with Gasteiger partial charge in [-0.3, -0.25) is 4.79 Å². The molecule has 1 saturated carbocycles. The Kier molecular flexibility index (Phi) is 6.06. The third-order valence-electron chi connectivity index (χ3n) is 4.02. The molecule has 0 radical (unpaired) electrons. The number of halogens is 1. The number of benzene rings is 1. The third kappa shape index (κ3) is 5.60. The summed E-state index contributed by atoms with van der Waals surface area (Å²) < 4.78 is 11.2. The van der Waals surface area contributed by atoms with Crippen molar-refractivity contribution in [1.82, 2.24) is 15.3 Å². The molecule has 7 heteroatoms. The van der Waals surface area contributed by atoms with Crippen LogP contribution in [0.3, 0.4) is 0 Å². The van der Waals surface area contributed by atoms with Crippen molar-refractivity contribution in [2.45, 2.75) is 37.8 Å². The van der Waals surface area contributed by atoms with Gasteiger partial charge in [-0.25, -0.2) is 9.97 Å². The highest BCUT2D eigenvalue weighted by molar-refractivity contribution is 6.30. The molecule has 0 aliphatic heterocycles. The largest absolute Gasteiger partial charge is 0.484 e. The van der Waals surface area contributed by atoms with Crippen LogP contribution in [-0.2, 0) is 4.79 Å². The van der Waals surface area contributed by atoms with Gasteiger partial charge in [0, 0.05) is 6.04 Å². The van der Waals surface area contributed by atoms with E-state index >= 15 is 0 Å². The van der Waals surface area contributed by atoms with E-state index in [1.54, 1.807) is 0 Å². The van der Waals surface area contributed by atoms with Crippen LogP contribution in [0.15, 0.2) is 42.7 Å². The van der Waals surface area contributed by atoms with Crippen LogP contribution in [0.1, 0.15) is 25.7 Å². The van der Waals surface area contributed by atoms with E-state index in [2.05, 4.69) is 15.3 Å². The van der Waals surface area contributed by atoms with Crippen molar-refractivity contribution < 1.29 is 14.3 Å². The molecule has 0 saturated heterocycles. The maximum absolute atomic E-state index is 12.0. The van der Waals surface area contributed by atoms with Gasteiger partial charge in [-0.2, -0.15) is 0 Å². The molecule has 0 unspecified atom stereocenters. The van der Waals surface area contributed by atoms with E-state index in [1.165, 1.54) is 12.4 Å². The number of amides is 1. The quantitative estimate of drug-likeness (QED) is 0.856. The van der Waals surface area contributed by atoms with Gasteiger partial charge in [0.15, 0.2) is 6.61 Å². The minimum atomic E-state index is -0.103. The molecule has 25 heavy (non-hydrogen) atoms. The lowest BCUT2D eigenvalue weighted by Gasteiger charge is -2.28. The Morgan fingerprint density at radius 2 is 1.80 bits per heavy atom. The Balaban J connectivity index is 1.37. The molecule has 1 fully saturated rings. The van der Waals surface area contributed by atoms with Gasteiger partial charge in [0.2, 0.25) is 0 Å². The summed E-state index contributed by atoms with van der Waals surface area (Å²) in [5.41, 5.74) is 0. The van der Waals surface area contributed by atoms with Crippen LogP contribution in [0.4, 0.5) is 0 Å². The number of aromatic nitrogens is 2. The molecule has 3 rings (SSSR count). The van der Waals surface area contributed by atoms with E-state index in [4.69, 9.17) is 21.1 Å². The van der Waals surface area contributed by atoms with Crippen LogP contribution in [0.2, 0.25) is 5.02 Å². The van der Waals surface area contributed by atoms with Gasteiger partial charge in [0.1, 0.15) is 11.9 Å². The lowest BCUT2D eigenvalue weighted by molar-refractivity contribution is -0.124. The van der Waals surface area contributed by atoms with Crippen molar-refractivity contribution in [1.29, 1.82) is 0 Å². The van der Waals surface area contributed by atoms with Gasteiger partial charge in [0.05, 0.1) is 17.4 Å². The van der Waals surface area contributed by atoms with Gasteiger partial charge >= 0.3 is 6.01 Å². The van der Waals surface area contributed by atoms with Gasteiger partial charge in [-0.1, -0.05) is 29.8 Å². The summed E-state index contributed by atoms with van der Waals surface area (Å²) in [6.45, 7) is 0.0268. The molecule has 1 amide bonds. The molecule has 1 aliphatic carbocycles. The molecule has 1 aliphatic rings. The normalized spacial score (nSPS) is 19.9. The monoisotopic (exact) mass is 361 g/mol. The average Bonchev–Trinajstić information content (AvgIpc) is 2.64. The second-order valence-electron chi connectivity index (χ2n) is 5.94. The lowest BCUT2D eigenvalue weighted by Crippen LogP contribution is -2.41. The molecule has 1 aromatic heterocycles. The van der Waals surface area contributed by atoms with Crippen LogP contribution in [-0.4, -0.2) is 34.6 Å². The molecule has 1 heterocycles. The van der Waals surface area contributed by atoms with E-state index in [9.17, 15) is 4.79 Å². The molecule has 2 aromatic rings. The second kappa shape index (κ2) is 8.67. The number of carbonyl (C=O) groups excluding carboxylic acids is 1. The first-order chi connectivity index (χ1) is 12.2. The number of rotatable bonds is 6. The first-order valence-electron chi connectivity index (χ1n) is 8.30. The fourth-order valence-electron chi connectivity index (χ4n) is 2.77. The Morgan fingerprint density at radius 1 is 1.12 bits per heavy atom. The van der Waals surface area contributed by atoms with Crippen LogP contribution < -0.4 is 14.8 Å². The Hall–Kier alpha value is -2.34. The summed E-state index contributed by atoms with van der Waals surface area (Å²) in [6.07, 6.45) is 6.50. The fourth-order valence-corrected chi connectivity index (χ4v) is 2.87. The molecule has 1 aromatic carbocycles. The van der Waals surface area contributed by atoms with Gasteiger partial charge in [-0.15, -0.1) is 0 Å². The molecule has 6 nitrogen and oxygen atoms in total. The molecular formula is C18H20ClN3O3. The van der Waals surface area contributed by atoms with Crippen LogP contribution >= 0.6 is 11.6 Å². The summed E-state index contributed by atoms with van der Waals surface area (Å²) in [4.78, 5) is 20.1. The minimum Gasteiger partial charge on any atom is -0.484 e. The number of carbonyl (C=O) groups is 1. The smallest absolute Gasteiger partial charge is 0.316 e. The zero-order chi connectivity index (χ0) is 17.5. The van der Waals surface area contributed by atoms with Crippen molar-refractivity contribution in [3.05, 3.63) is 47.7 Å². The van der Waals surface area contributed by atoms with E-state index in [1.807, 2.05) is 30.3 Å². The predicted molar refractivity (Wildman–Crippen MR) is 93.8 cm³/mol. The summed E-state index contributed by atoms with van der Waals surface area (Å²) in [5.74, 6) is 0.590. The first-order valence-corrected chi connectivity index (χ1v) is 8.68. The van der Waals surface area contributed by atoms with E-state index in [-0.39, 0.29) is 24.7 Å². The fraction of sp³-hybridized carbons (Fsp3) is 0.389. The molecule has 1 N–H and O–H groups in total. The summed E-state index contributed by atoms with van der Waals surface area (Å²) >= 11 is 5.76. The van der Waals surface area contributed by atoms with E-state index in [0.29, 0.717) is 16.8 Å². The van der Waals surface area contributed by atoms with E-state index < -0.39 is 0 Å². The van der Waals surface area contributed by atoms with Crippen LogP contribution in [0.25, 0.3) is 0 Å². The first kappa shape index (κ1) is 17.5. The number of para-hydroxylation sites is 1. The summed E-state index contributed by atoms with van der Waals surface area (Å²) in [6, 6.07) is 9.80. The van der Waals surface area contributed by atoms with Crippen molar-refractivity contribution in [3.8, 4) is 11.8 Å². The summed E-state index contributed by atoms with van der Waals surface area (Å²) in [7, 11) is 0. The van der Waals surface area contributed by atoms with Crippen molar-refractivity contribution in [3.63, 3.8) is 0 Å². The standard InChI is InChI=1S/C18H20ClN3O3/c19-13-10-20-18(21-11-13)25-16-8-6-14(7-9-16)22-17(23)12-24-15-4-2-1-3-5-15/h1-5,10-11,14,16H,6-9,12H2,(H,22,23). The molecule has 0 bridgehead atoms. The summed E-state index contributed by atoms with van der Waals surface area (Å²) in [5, 5.41) is 3.50. The van der Waals surface area contributed by atoms with Crippen molar-refractivity contribution in [2.24, 2.45) is 0 Å². The Labute approximate surface area is 151 Å². The number of hydrogen-bond donors (Lipinski definition) is 1. The van der Waals surface area contributed by atoms with Crippen LogP contribution in [0.5, 0.6) is 11.8 Å². The maximum atomic E-state index is 12.0. The molecule has 132 valence electrons. The zero-order valence-electron chi connectivity index (χ0n) is 13.7. The number of nitrogens with one attached hydrogen (secondary N) is 1. The minimum absolute atomic E-state index is 0.0268. The highest BCUT2D eigenvalue weighted by Crippen LogP contribution is 2.22. The lowest BCUT2D eigenvalue weighted by atomic mass is 9.93. The number of hydrogen-bond acceptors (Lipinski definition) is 5. The SMILES string of the molecule is O=C(COc1ccccc1)NC1CCC(Oc2ncc(Cl)cn2)CC1. The second-order valence-corrected chi connectivity index (χ2v) is 6.38. The Bertz CT molecular complexity index is 674. The molecule has 0 atom stereocenters. The molecular weight excluding hydrogens is 342 g/mol. The van der Waals surface area contributed by atoms with Gasteiger partial charge in [0.25, 0.3) is 5.91 Å². The van der Waals surface area contributed by atoms with Crippen molar-refractivity contribution in [2.75, 3.05) is 6.61 Å². The molecule has 0 spiro atoms. The van der Waals surface area contributed by atoms with Gasteiger partial charge in [-0.05, 0) is 37.8 Å². The third-order valence-corrected chi connectivity index (χ3v) is 4.22. The highest BCUT2D eigenvalue weighted by Gasteiger charge is 2.24. The van der Waals surface area contributed by atoms with E-state index in [0.717, 1.165) is 25.7 Å². The highest BCUT2D eigenvalue weighted by atomic mass is 35.5. The topological polar surface area (TPSA) is 73.3 Å². The predicted octanol–water partition coefficient (Wildman–Crippen LogP) is 3.02.